The highest BCUT2D eigenvalue weighted by Crippen LogP contribution is 2.50. The molecule has 2 heteroatoms. The molecule has 0 unspecified atom stereocenters. The van der Waals surface area contributed by atoms with Gasteiger partial charge in [0.25, 0.3) is 0 Å². The molecule has 2 rings (SSSR count). The second-order valence-corrected chi connectivity index (χ2v) is 4.66. The Hall–Kier alpha value is -1.31. The highest BCUT2D eigenvalue weighted by molar-refractivity contribution is 5.86. The average Bonchev–Trinajstić information content (AvgIpc) is 2.83. The second-order valence-electron chi connectivity index (χ2n) is 4.66. The van der Waals surface area contributed by atoms with Crippen molar-refractivity contribution in [1.82, 2.24) is 0 Å². The molecule has 0 heterocycles. The minimum Gasteiger partial charge on any atom is -0.481 e. The highest BCUT2D eigenvalue weighted by Gasteiger charge is 2.53. The first-order chi connectivity index (χ1) is 6.97. The first-order valence-corrected chi connectivity index (χ1v) is 5.29. The van der Waals surface area contributed by atoms with E-state index in [1.807, 2.05) is 20.8 Å². The summed E-state index contributed by atoms with van der Waals surface area (Å²) in [5.41, 5.74) is 3.91. The molecule has 0 aliphatic heterocycles. The molecule has 1 aromatic rings. The van der Waals surface area contributed by atoms with Crippen LogP contribution in [-0.2, 0) is 10.2 Å². The average molecular weight is 204 g/mol. The van der Waals surface area contributed by atoms with E-state index >= 15 is 0 Å². The Balaban J connectivity index is 2.58. The van der Waals surface area contributed by atoms with Crippen molar-refractivity contribution >= 4 is 5.97 Å². The van der Waals surface area contributed by atoms with Gasteiger partial charge in [0.2, 0.25) is 0 Å². The topological polar surface area (TPSA) is 37.3 Å². The van der Waals surface area contributed by atoms with Crippen LogP contribution in [0.15, 0.2) is 12.1 Å². The Morgan fingerprint density at radius 1 is 1.20 bits per heavy atom. The quantitative estimate of drug-likeness (QED) is 0.804. The van der Waals surface area contributed by atoms with Crippen LogP contribution in [0.5, 0.6) is 0 Å². The standard InChI is InChI=1S/C13H16O2/c1-8-6-9(2)11(10(3)7-8)13(4-5-13)12(14)15/h6-7H,4-5H2,1-3H3,(H,14,15). The van der Waals surface area contributed by atoms with Crippen molar-refractivity contribution in [3.63, 3.8) is 0 Å². The zero-order chi connectivity index (χ0) is 11.2. The third-order valence-corrected chi connectivity index (χ3v) is 3.31. The summed E-state index contributed by atoms with van der Waals surface area (Å²) >= 11 is 0. The lowest BCUT2D eigenvalue weighted by Crippen LogP contribution is -2.22. The van der Waals surface area contributed by atoms with E-state index in [-0.39, 0.29) is 0 Å². The summed E-state index contributed by atoms with van der Waals surface area (Å²) in [5, 5.41) is 9.28. The largest absolute Gasteiger partial charge is 0.481 e. The SMILES string of the molecule is Cc1cc(C)c(C2(C(=O)O)CC2)c(C)c1. The highest BCUT2D eigenvalue weighted by atomic mass is 16.4. The molecular weight excluding hydrogens is 188 g/mol. The molecule has 0 spiro atoms. The normalized spacial score (nSPS) is 17.5. The van der Waals surface area contributed by atoms with Gasteiger partial charge in [0.15, 0.2) is 0 Å². The number of aryl methyl sites for hydroxylation is 3. The molecule has 1 saturated carbocycles. The van der Waals surface area contributed by atoms with Crippen LogP contribution in [0.1, 0.15) is 35.1 Å². The molecule has 2 nitrogen and oxygen atoms in total. The van der Waals surface area contributed by atoms with E-state index < -0.39 is 11.4 Å². The minimum absolute atomic E-state index is 0.568. The minimum atomic E-state index is -0.669. The first kappa shape index (κ1) is 10.2. The van der Waals surface area contributed by atoms with Gasteiger partial charge >= 0.3 is 5.97 Å². The van der Waals surface area contributed by atoms with E-state index in [0.29, 0.717) is 0 Å². The van der Waals surface area contributed by atoms with Gasteiger partial charge in [-0.3, -0.25) is 4.79 Å². The summed E-state index contributed by atoms with van der Waals surface area (Å²) in [7, 11) is 0. The lowest BCUT2D eigenvalue weighted by molar-refractivity contribution is -0.140. The fraction of sp³-hybridized carbons (Fsp3) is 0.462. The van der Waals surface area contributed by atoms with Gasteiger partial charge in [-0.25, -0.2) is 0 Å². The van der Waals surface area contributed by atoms with Crippen molar-refractivity contribution in [3.05, 3.63) is 34.4 Å². The van der Waals surface area contributed by atoms with Gasteiger partial charge in [-0.05, 0) is 50.3 Å². The van der Waals surface area contributed by atoms with E-state index in [9.17, 15) is 9.90 Å². The zero-order valence-electron chi connectivity index (χ0n) is 9.42. The number of hydrogen-bond acceptors (Lipinski definition) is 1. The maximum atomic E-state index is 11.3. The van der Waals surface area contributed by atoms with Gasteiger partial charge in [-0.2, -0.15) is 0 Å². The van der Waals surface area contributed by atoms with E-state index in [4.69, 9.17) is 0 Å². The molecule has 0 aromatic heterocycles. The Labute approximate surface area is 89.9 Å². The maximum absolute atomic E-state index is 11.3. The fourth-order valence-electron chi connectivity index (χ4n) is 2.63. The summed E-state index contributed by atoms with van der Waals surface area (Å²) < 4.78 is 0. The Morgan fingerprint density at radius 3 is 2.00 bits per heavy atom. The van der Waals surface area contributed by atoms with Crippen LogP contribution in [-0.4, -0.2) is 11.1 Å². The second kappa shape index (κ2) is 3.09. The van der Waals surface area contributed by atoms with Gasteiger partial charge in [-0.15, -0.1) is 0 Å². The van der Waals surface area contributed by atoms with Crippen LogP contribution in [0.3, 0.4) is 0 Å². The lowest BCUT2D eigenvalue weighted by atomic mass is 9.87. The smallest absolute Gasteiger partial charge is 0.314 e. The molecule has 0 amide bonds. The van der Waals surface area contributed by atoms with Crippen molar-refractivity contribution in [1.29, 1.82) is 0 Å². The van der Waals surface area contributed by atoms with Gasteiger partial charge in [0.1, 0.15) is 0 Å². The van der Waals surface area contributed by atoms with Gasteiger partial charge in [0, 0.05) is 0 Å². The molecule has 0 atom stereocenters. The van der Waals surface area contributed by atoms with Crippen molar-refractivity contribution in [2.45, 2.75) is 39.0 Å². The molecule has 15 heavy (non-hydrogen) atoms. The number of carboxylic acid groups (broad SMARTS) is 1. The van der Waals surface area contributed by atoms with Gasteiger partial charge < -0.3 is 5.11 Å². The third-order valence-electron chi connectivity index (χ3n) is 3.31. The first-order valence-electron chi connectivity index (χ1n) is 5.29. The number of aliphatic carboxylic acids is 1. The summed E-state index contributed by atoms with van der Waals surface area (Å²) in [5.74, 6) is -0.669. The number of carbonyl (C=O) groups is 1. The van der Waals surface area contributed by atoms with Crippen LogP contribution in [0.2, 0.25) is 0 Å². The molecule has 1 N–H and O–H groups in total. The molecule has 1 aliphatic carbocycles. The number of benzene rings is 1. The summed E-state index contributed by atoms with van der Waals surface area (Å²) in [6, 6.07) is 4.15. The molecule has 0 bridgehead atoms. The van der Waals surface area contributed by atoms with E-state index in [2.05, 4.69) is 12.1 Å². The molecule has 1 fully saturated rings. The number of hydrogen-bond donors (Lipinski definition) is 1. The zero-order valence-corrected chi connectivity index (χ0v) is 9.42. The predicted molar refractivity (Wildman–Crippen MR) is 59.2 cm³/mol. The fourth-order valence-corrected chi connectivity index (χ4v) is 2.63. The summed E-state index contributed by atoms with van der Waals surface area (Å²) in [6.07, 6.45) is 1.57. The van der Waals surface area contributed by atoms with Crippen molar-refractivity contribution in [2.75, 3.05) is 0 Å². The summed E-state index contributed by atoms with van der Waals surface area (Å²) in [6.45, 7) is 6.07. The van der Waals surface area contributed by atoms with Crippen LogP contribution in [0.25, 0.3) is 0 Å². The lowest BCUT2D eigenvalue weighted by Gasteiger charge is -2.17. The van der Waals surface area contributed by atoms with Crippen LogP contribution in [0, 0.1) is 20.8 Å². The monoisotopic (exact) mass is 204 g/mol. The molecular formula is C13H16O2. The van der Waals surface area contributed by atoms with E-state index in [1.165, 1.54) is 5.56 Å². The van der Waals surface area contributed by atoms with Gasteiger partial charge in [0.05, 0.1) is 5.41 Å². The van der Waals surface area contributed by atoms with E-state index in [1.54, 1.807) is 0 Å². The molecule has 1 aliphatic rings. The number of rotatable bonds is 2. The molecule has 1 aromatic carbocycles. The predicted octanol–water partition coefficient (Wildman–Crippen LogP) is 2.73. The summed E-state index contributed by atoms with van der Waals surface area (Å²) in [4.78, 5) is 11.3. The van der Waals surface area contributed by atoms with Crippen LogP contribution in [0.4, 0.5) is 0 Å². The Morgan fingerprint density at radius 2 is 1.67 bits per heavy atom. The molecule has 80 valence electrons. The van der Waals surface area contributed by atoms with Crippen molar-refractivity contribution < 1.29 is 9.90 Å². The third kappa shape index (κ3) is 1.44. The molecule has 0 radical (unpaired) electrons. The molecule has 0 saturated heterocycles. The van der Waals surface area contributed by atoms with E-state index in [0.717, 1.165) is 29.5 Å². The Bertz CT molecular complexity index is 405. The van der Waals surface area contributed by atoms with Crippen molar-refractivity contribution in [2.24, 2.45) is 0 Å². The van der Waals surface area contributed by atoms with Crippen molar-refractivity contribution in [3.8, 4) is 0 Å². The van der Waals surface area contributed by atoms with Gasteiger partial charge in [-0.1, -0.05) is 17.7 Å². The van der Waals surface area contributed by atoms with Crippen LogP contribution >= 0.6 is 0 Å². The van der Waals surface area contributed by atoms with Crippen LogP contribution < -0.4 is 0 Å². The Kier molecular flexibility index (Phi) is 2.10. The maximum Gasteiger partial charge on any atom is 0.314 e. The number of carboxylic acids is 1.